The Labute approximate surface area is 240 Å². The summed E-state index contributed by atoms with van der Waals surface area (Å²) in [4.78, 5) is 16.9. The minimum atomic E-state index is -0.0346. The molecule has 0 aliphatic carbocycles. The van der Waals surface area contributed by atoms with E-state index < -0.39 is 0 Å². The maximum atomic E-state index is 12.7. The van der Waals surface area contributed by atoms with Gasteiger partial charge in [0.1, 0.15) is 0 Å². The number of carbonyl (C=O) groups excluding carboxylic acids is 1. The van der Waals surface area contributed by atoms with Crippen LogP contribution in [0.1, 0.15) is 33.5 Å². The summed E-state index contributed by atoms with van der Waals surface area (Å²) < 4.78 is 5.33. The van der Waals surface area contributed by atoms with Crippen LogP contribution in [0.3, 0.4) is 0 Å². The van der Waals surface area contributed by atoms with Crippen LogP contribution in [0.15, 0.2) is 90.8 Å². The maximum absolute atomic E-state index is 12.7. The minimum absolute atomic E-state index is 0.0346. The number of ether oxygens (including phenoxy) is 1. The van der Waals surface area contributed by atoms with Gasteiger partial charge in [-0.1, -0.05) is 42.5 Å². The molecule has 5 rings (SSSR count). The van der Waals surface area contributed by atoms with Crippen molar-refractivity contribution in [2.24, 2.45) is 11.6 Å². The number of hydrazine groups is 1. The topological polar surface area (TPSA) is 138 Å². The van der Waals surface area contributed by atoms with Crippen LogP contribution in [0.5, 0.6) is 0 Å². The van der Waals surface area contributed by atoms with E-state index in [1.165, 1.54) is 22.3 Å². The Kier molecular flexibility index (Phi) is 8.79. The highest BCUT2D eigenvalue weighted by Gasteiger charge is 2.19. The number of nitrogen functional groups attached to an aromatic ring is 1. The van der Waals surface area contributed by atoms with E-state index in [1.54, 1.807) is 29.2 Å². The predicted octanol–water partition coefficient (Wildman–Crippen LogP) is 3.58. The molecule has 9 nitrogen and oxygen atoms in total. The van der Waals surface area contributed by atoms with Crippen molar-refractivity contribution < 1.29 is 9.53 Å². The lowest BCUT2D eigenvalue weighted by molar-refractivity contribution is 0.0303. The molecule has 212 valence electrons. The molecule has 0 unspecified atom stereocenters. The molecule has 0 radical (unpaired) electrons. The highest BCUT2D eigenvalue weighted by atomic mass is 16.5. The molecule has 0 saturated carbocycles. The van der Waals surface area contributed by atoms with Crippen LogP contribution < -0.4 is 22.3 Å². The quantitative estimate of drug-likeness (QED) is 0.145. The molecule has 1 saturated heterocycles. The molecule has 7 N–H and O–H groups in total. The average molecular weight is 552 g/mol. The number of morpholine rings is 1. The summed E-state index contributed by atoms with van der Waals surface area (Å²) in [5.74, 6) is 6.22. The number of allylic oxidation sites excluding steroid dienone is 1. The number of nitrogens with zero attached hydrogens (tertiary/aromatic N) is 3. The van der Waals surface area contributed by atoms with E-state index in [1.807, 2.05) is 24.3 Å². The number of hydrogen-bond acceptors (Lipinski definition) is 8. The molecule has 3 aromatic carbocycles. The van der Waals surface area contributed by atoms with Crippen molar-refractivity contribution in [2.45, 2.75) is 13.0 Å². The summed E-state index contributed by atoms with van der Waals surface area (Å²) in [6.45, 7) is 5.01. The van der Waals surface area contributed by atoms with Gasteiger partial charge in [0.15, 0.2) is 0 Å². The third-order valence-corrected chi connectivity index (χ3v) is 7.51. The molecule has 41 heavy (non-hydrogen) atoms. The standard InChI is InChI=1S/C32H37N7O2/c33-29-11-8-26(24-12-14-37(15-13-24)21-23-4-2-1-3-5-23)20-28(29)31(35)30(34)22-39(36)27-9-6-25(7-10-27)32(40)38-16-18-41-19-17-38/h1-12,20,22,35H,13-19,21,33-34,36H2/b30-22-,35-31?. The van der Waals surface area contributed by atoms with E-state index >= 15 is 0 Å². The lowest BCUT2D eigenvalue weighted by Gasteiger charge is -2.27. The van der Waals surface area contributed by atoms with Crippen molar-refractivity contribution in [3.8, 4) is 0 Å². The first-order valence-corrected chi connectivity index (χ1v) is 13.8. The van der Waals surface area contributed by atoms with Gasteiger partial charge in [-0.25, -0.2) is 5.84 Å². The first-order valence-electron chi connectivity index (χ1n) is 13.8. The molecular formula is C32H37N7O2. The molecular weight excluding hydrogens is 514 g/mol. The number of nitrogens with one attached hydrogen (secondary N) is 1. The molecule has 2 aliphatic rings. The smallest absolute Gasteiger partial charge is 0.254 e. The molecule has 1 fully saturated rings. The van der Waals surface area contributed by atoms with Crippen molar-refractivity contribution >= 4 is 28.6 Å². The highest BCUT2D eigenvalue weighted by molar-refractivity contribution is 6.13. The van der Waals surface area contributed by atoms with E-state index in [0.29, 0.717) is 48.8 Å². The fourth-order valence-corrected chi connectivity index (χ4v) is 5.10. The molecule has 0 atom stereocenters. The lowest BCUT2D eigenvalue weighted by Crippen LogP contribution is -2.40. The predicted molar refractivity (Wildman–Crippen MR) is 164 cm³/mol. The first-order chi connectivity index (χ1) is 19.9. The molecule has 2 heterocycles. The van der Waals surface area contributed by atoms with Gasteiger partial charge in [0.2, 0.25) is 0 Å². The molecule has 2 aliphatic heterocycles. The van der Waals surface area contributed by atoms with Crippen LogP contribution in [-0.2, 0) is 11.3 Å². The zero-order valence-corrected chi connectivity index (χ0v) is 23.1. The van der Waals surface area contributed by atoms with Crippen LogP contribution in [0.25, 0.3) is 5.57 Å². The number of nitrogens with two attached hydrogens (primary N) is 3. The number of benzene rings is 3. The summed E-state index contributed by atoms with van der Waals surface area (Å²) in [6, 6.07) is 23.2. The third kappa shape index (κ3) is 6.83. The molecule has 1 amide bonds. The van der Waals surface area contributed by atoms with Crippen molar-refractivity contribution in [3.05, 3.63) is 113 Å². The highest BCUT2D eigenvalue weighted by Crippen LogP contribution is 2.27. The second-order valence-electron chi connectivity index (χ2n) is 10.3. The summed E-state index contributed by atoms with van der Waals surface area (Å²) in [5, 5.41) is 10.1. The van der Waals surface area contributed by atoms with Crippen molar-refractivity contribution in [1.82, 2.24) is 9.80 Å². The summed E-state index contributed by atoms with van der Waals surface area (Å²) >= 11 is 0. The Morgan fingerprint density at radius 1 is 1.00 bits per heavy atom. The summed E-state index contributed by atoms with van der Waals surface area (Å²) in [6.07, 6.45) is 4.66. The van der Waals surface area contributed by atoms with Crippen LogP contribution >= 0.6 is 0 Å². The number of carbonyl (C=O) groups is 1. The Hall–Kier alpha value is -4.44. The van der Waals surface area contributed by atoms with E-state index in [0.717, 1.165) is 31.6 Å². The van der Waals surface area contributed by atoms with Gasteiger partial charge in [0.25, 0.3) is 5.91 Å². The zero-order valence-electron chi connectivity index (χ0n) is 23.1. The van der Waals surface area contributed by atoms with Gasteiger partial charge in [-0.2, -0.15) is 0 Å². The Balaban J connectivity index is 1.24. The summed E-state index contributed by atoms with van der Waals surface area (Å²) in [7, 11) is 0. The fourth-order valence-electron chi connectivity index (χ4n) is 5.10. The monoisotopic (exact) mass is 551 g/mol. The molecule has 3 aromatic rings. The van der Waals surface area contributed by atoms with E-state index in [-0.39, 0.29) is 17.3 Å². The average Bonchev–Trinajstić information content (AvgIpc) is 3.02. The lowest BCUT2D eigenvalue weighted by atomic mass is 9.95. The van der Waals surface area contributed by atoms with Gasteiger partial charge in [0.05, 0.1) is 30.3 Å². The molecule has 9 heteroatoms. The van der Waals surface area contributed by atoms with Gasteiger partial charge < -0.3 is 21.1 Å². The fraction of sp³-hybridized carbons (Fsp3) is 0.250. The number of anilines is 2. The minimum Gasteiger partial charge on any atom is -0.398 e. The van der Waals surface area contributed by atoms with Gasteiger partial charge in [0, 0.05) is 55.7 Å². The zero-order chi connectivity index (χ0) is 28.8. The SMILES string of the molecule is N=C(/C(N)=C/N(N)c1ccc(C(=O)N2CCOCC2)cc1)c1cc(C2=CCN(Cc3ccccc3)CC2)ccc1N. The molecule has 0 bridgehead atoms. The van der Waals surface area contributed by atoms with Crippen LogP contribution in [0.4, 0.5) is 11.4 Å². The first kappa shape index (κ1) is 28.1. The van der Waals surface area contributed by atoms with E-state index in [2.05, 4.69) is 35.2 Å². The Bertz CT molecular complexity index is 1440. The van der Waals surface area contributed by atoms with Crippen molar-refractivity contribution in [3.63, 3.8) is 0 Å². The second kappa shape index (κ2) is 12.8. The van der Waals surface area contributed by atoms with Gasteiger partial charge in [-0.05, 0) is 59.5 Å². The molecule has 0 spiro atoms. The number of amides is 1. The maximum Gasteiger partial charge on any atom is 0.254 e. The normalized spacial score (nSPS) is 16.3. The van der Waals surface area contributed by atoms with Crippen LogP contribution in [0, 0.1) is 5.41 Å². The Morgan fingerprint density at radius 2 is 1.73 bits per heavy atom. The largest absolute Gasteiger partial charge is 0.398 e. The number of hydrogen-bond donors (Lipinski definition) is 4. The van der Waals surface area contributed by atoms with Crippen molar-refractivity contribution in [2.75, 3.05) is 50.1 Å². The van der Waals surface area contributed by atoms with E-state index in [4.69, 9.17) is 27.5 Å². The summed E-state index contributed by atoms with van der Waals surface area (Å²) in [5.41, 5.74) is 18.7. The third-order valence-electron chi connectivity index (χ3n) is 7.51. The van der Waals surface area contributed by atoms with Crippen molar-refractivity contribution in [1.29, 1.82) is 5.41 Å². The van der Waals surface area contributed by atoms with E-state index in [9.17, 15) is 4.79 Å². The molecule has 0 aromatic heterocycles. The van der Waals surface area contributed by atoms with Crippen LogP contribution in [-0.4, -0.2) is 60.8 Å². The second-order valence-corrected chi connectivity index (χ2v) is 10.3. The van der Waals surface area contributed by atoms with Gasteiger partial charge >= 0.3 is 0 Å². The Morgan fingerprint density at radius 3 is 2.41 bits per heavy atom. The number of rotatable bonds is 8. The van der Waals surface area contributed by atoms with Crippen LogP contribution in [0.2, 0.25) is 0 Å². The van der Waals surface area contributed by atoms with Gasteiger partial charge in [-0.3, -0.25) is 20.1 Å². The van der Waals surface area contributed by atoms with Gasteiger partial charge in [-0.15, -0.1) is 0 Å².